The van der Waals surface area contributed by atoms with E-state index in [4.69, 9.17) is 4.74 Å². The van der Waals surface area contributed by atoms with Crippen molar-refractivity contribution in [2.75, 3.05) is 19.6 Å². The van der Waals surface area contributed by atoms with Gasteiger partial charge in [-0.05, 0) is 39.3 Å². The number of carbonyl (C=O) groups excluding carboxylic acids is 1. The normalized spacial score (nSPS) is 22.6. The fraction of sp³-hybridized carbons (Fsp3) is 0.562. The minimum absolute atomic E-state index is 0.0296. The second kappa shape index (κ2) is 5.83. The topological polar surface area (TPSA) is 50.4 Å². The fourth-order valence-corrected chi connectivity index (χ4v) is 2.59. The van der Waals surface area contributed by atoms with Crippen molar-refractivity contribution in [1.82, 2.24) is 10.6 Å². The molecular formula is C16H24N2O2. The van der Waals surface area contributed by atoms with E-state index in [-0.39, 0.29) is 11.5 Å². The molecule has 2 N–H and O–H groups in total. The van der Waals surface area contributed by atoms with Crippen LogP contribution in [0.4, 0.5) is 4.79 Å². The minimum atomic E-state index is -0.460. The molecule has 1 aliphatic rings. The summed E-state index contributed by atoms with van der Waals surface area (Å²) in [6.07, 6.45) is 0.673. The van der Waals surface area contributed by atoms with Crippen LogP contribution in [-0.2, 0) is 10.2 Å². The van der Waals surface area contributed by atoms with E-state index in [1.165, 1.54) is 5.56 Å². The third kappa shape index (κ3) is 3.73. The van der Waals surface area contributed by atoms with Crippen LogP contribution < -0.4 is 10.6 Å². The van der Waals surface area contributed by atoms with Gasteiger partial charge in [0, 0.05) is 18.5 Å². The standard InChI is InChI=1S/C16H24N2O2/c1-15(2,3)20-14(19)18-12-16(9-10-17-11-16)13-7-5-4-6-8-13/h4-8,17H,9-12H2,1-3H3,(H,18,19). The van der Waals surface area contributed by atoms with Crippen molar-refractivity contribution in [3.8, 4) is 0 Å². The molecule has 4 heteroatoms. The molecule has 1 aromatic carbocycles. The molecule has 4 nitrogen and oxygen atoms in total. The zero-order chi connectivity index (χ0) is 14.6. The Morgan fingerprint density at radius 1 is 1.35 bits per heavy atom. The third-order valence-corrected chi connectivity index (χ3v) is 3.60. The van der Waals surface area contributed by atoms with Crippen LogP contribution in [0.3, 0.4) is 0 Å². The summed E-state index contributed by atoms with van der Waals surface area (Å²) in [6.45, 7) is 8.07. The van der Waals surface area contributed by atoms with Crippen molar-refractivity contribution in [3.63, 3.8) is 0 Å². The van der Waals surface area contributed by atoms with E-state index in [9.17, 15) is 4.79 Å². The number of nitrogens with one attached hydrogen (secondary N) is 2. The molecular weight excluding hydrogens is 252 g/mol. The molecule has 1 saturated heterocycles. The van der Waals surface area contributed by atoms with Crippen molar-refractivity contribution in [2.45, 2.75) is 38.2 Å². The van der Waals surface area contributed by atoms with Gasteiger partial charge in [-0.15, -0.1) is 0 Å². The Morgan fingerprint density at radius 2 is 2.05 bits per heavy atom. The van der Waals surface area contributed by atoms with Crippen LogP contribution in [0.1, 0.15) is 32.8 Å². The molecule has 2 rings (SSSR count). The smallest absolute Gasteiger partial charge is 0.407 e. The number of hydrogen-bond acceptors (Lipinski definition) is 3. The molecule has 1 unspecified atom stereocenters. The number of amides is 1. The van der Waals surface area contributed by atoms with Gasteiger partial charge in [-0.2, -0.15) is 0 Å². The minimum Gasteiger partial charge on any atom is -0.444 e. The molecule has 1 heterocycles. The lowest BCUT2D eigenvalue weighted by Crippen LogP contribution is -2.44. The van der Waals surface area contributed by atoms with Gasteiger partial charge in [0.25, 0.3) is 0 Å². The lowest BCUT2D eigenvalue weighted by Gasteiger charge is -2.30. The van der Waals surface area contributed by atoms with E-state index in [2.05, 4.69) is 22.8 Å². The first-order chi connectivity index (χ1) is 9.41. The van der Waals surface area contributed by atoms with E-state index in [1.54, 1.807) is 0 Å². The number of carbonyl (C=O) groups is 1. The highest BCUT2D eigenvalue weighted by molar-refractivity contribution is 5.67. The van der Waals surface area contributed by atoms with Crippen molar-refractivity contribution < 1.29 is 9.53 Å². The fourth-order valence-electron chi connectivity index (χ4n) is 2.59. The Bertz CT molecular complexity index is 445. The Kier molecular flexibility index (Phi) is 4.33. The van der Waals surface area contributed by atoms with Crippen molar-refractivity contribution in [2.24, 2.45) is 0 Å². The van der Waals surface area contributed by atoms with Gasteiger partial charge in [-0.1, -0.05) is 30.3 Å². The molecule has 0 aliphatic carbocycles. The quantitative estimate of drug-likeness (QED) is 0.891. The average Bonchev–Trinajstić information content (AvgIpc) is 2.85. The van der Waals surface area contributed by atoms with E-state index in [1.807, 2.05) is 39.0 Å². The molecule has 0 spiro atoms. The van der Waals surface area contributed by atoms with E-state index >= 15 is 0 Å². The second-order valence-electron chi connectivity index (χ2n) is 6.43. The van der Waals surface area contributed by atoms with Crippen LogP contribution in [0.5, 0.6) is 0 Å². The summed E-state index contributed by atoms with van der Waals surface area (Å²) in [5, 5.41) is 6.31. The number of benzene rings is 1. The number of rotatable bonds is 3. The maximum atomic E-state index is 11.8. The summed E-state index contributed by atoms with van der Waals surface area (Å²) in [5.41, 5.74) is 0.775. The third-order valence-electron chi connectivity index (χ3n) is 3.60. The summed E-state index contributed by atoms with van der Waals surface area (Å²) < 4.78 is 5.31. The molecule has 110 valence electrons. The first kappa shape index (κ1) is 14.9. The maximum Gasteiger partial charge on any atom is 0.407 e. The van der Waals surface area contributed by atoms with Gasteiger partial charge >= 0.3 is 6.09 Å². The van der Waals surface area contributed by atoms with Gasteiger partial charge in [-0.25, -0.2) is 4.79 Å². The van der Waals surface area contributed by atoms with Crippen molar-refractivity contribution >= 4 is 6.09 Å². The van der Waals surface area contributed by atoms with Crippen LogP contribution in [0.25, 0.3) is 0 Å². The number of alkyl carbamates (subject to hydrolysis) is 1. The van der Waals surface area contributed by atoms with E-state index in [0.29, 0.717) is 6.54 Å². The van der Waals surface area contributed by atoms with Gasteiger partial charge in [0.15, 0.2) is 0 Å². The van der Waals surface area contributed by atoms with Crippen LogP contribution in [0, 0.1) is 0 Å². The molecule has 1 aliphatic heterocycles. The summed E-state index contributed by atoms with van der Waals surface area (Å²) in [4.78, 5) is 11.8. The van der Waals surface area contributed by atoms with Gasteiger partial charge in [0.05, 0.1) is 0 Å². The molecule has 1 amide bonds. The van der Waals surface area contributed by atoms with Crippen molar-refractivity contribution in [1.29, 1.82) is 0 Å². The lowest BCUT2D eigenvalue weighted by molar-refractivity contribution is 0.0516. The highest BCUT2D eigenvalue weighted by Gasteiger charge is 2.36. The van der Waals surface area contributed by atoms with Crippen LogP contribution in [-0.4, -0.2) is 31.3 Å². The Labute approximate surface area is 120 Å². The summed E-state index contributed by atoms with van der Waals surface area (Å²) in [5.74, 6) is 0. The van der Waals surface area contributed by atoms with Gasteiger partial charge in [0.1, 0.15) is 5.60 Å². The predicted molar refractivity (Wildman–Crippen MR) is 79.8 cm³/mol. The highest BCUT2D eigenvalue weighted by atomic mass is 16.6. The first-order valence-corrected chi connectivity index (χ1v) is 7.14. The monoisotopic (exact) mass is 276 g/mol. The maximum absolute atomic E-state index is 11.8. The van der Waals surface area contributed by atoms with Gasteiger partial charge in [0.2, 0.25) is 0 Å². The lowest BCUT2D eigenvalue weighted by atomic mass is 9.79. The number of hydrogen-bond donors (Lipinski definition) is 2. The summed E-state index contributed by atoms with van der Waals surface area (Å²) in [6, 6.07) is 10.4. The second-order valence-corrected chi connectivity index (χ2v) is 6.43. The molecule has 1 fully saturated rings. The molecule has 0 saturated carbocycles. The Balaban J connectivity index is 2.02. The van der Waals surface area contributed by atoms with Gasteiger partial charge < -0.3 is 15.4 Å². The molecule has 0 aromatic heterocycles. The van der Waals surface area contributed by atoms with Crippen LogP contribution >= 0.6 is 0 Å². The first-order valence-electron chi connectivity index (χ1n) is 7.14. The van der Waals surface area contributed by atoms with Crippen LogP contribution in [0.2, 0.25) is 0 Å². The molecule has 1 aromatic rings. The summed E-state index contributed by atoms with van der Waals surface area (Å²) >= 11 is 0. The highest BCUT2D eigenvalue weighted by Crippen LogP contribution is 2.30. The van der Waals surface area contributed by atoms with Crippen molar-refractivity contribution in [3.05, 3.63) is 35.9 Å². The number of ether oxygens (including phenoxy) is 1. The molecule has 20 heavy (non-hydrogen) atoms. The van der Waals surface area contributed by atoms with E-state index < -0.39 is 5.60 Å². The largest absolute Gasteiger partial charge is 0.444 e. The van der Waals surface area contributed by atoms with E-state index in [0.717, 1.165) is 19.5 Å². The average molecular weight is 276 g/mol. The zero-order valence-corrected chi connectivity index (χ0v) is 12.5. The summed E-state index contributed by atoms with van der Waals surface area (Å²) in [7, 11) is 0. The SMILES string of the molecule is CC(C)(C)OC(=O)NCC1(c2ccccc2)CCNC1. The Morgan fingerprint density at radius 3 is 2.60 bits per heavy atom. The van der Waals surface area contributed by atoms with Crippen LogP contribution in [0.15, 0.2) is 30.3 Å². The zero-order valence-electron chi connectivity index (χ0n) is 12.5. The Hall–Kier alpha value is -1.55. The van der Waals surface area contributed by atoms with Gasteiger partial charge in [-0.3, -0.25) is 0 Å². The molecule has 0 bridgehead atoms. The predicted octanol–water partition coefficient (Wildman–Crippen LogP) is 2.44. The molecule has 1 atom stereocenters. The molecule has 0 radical (unpaired) electrons.